The molecule has 0 N–H and O–H groups in total. The van der Waals surface area contributed by atoms with Crippen molar-refractivity contribution in [1.29, 1.82) is 0 Å². The largest absolute Gasteiger partial charge is 0.460 e. The van der Waals surface area contributed by atoms with Gasteiger partial charge in [0, 0.05) is 11.6 Å². The highest BCUT2D eigenvalue weighted by molar-refractivity contribution is 9.10. The lowest BCUT2D eigenvalue weighted by Crippen LogP contribution is -2.72. The van der Waals surface area contributed by atoms with Crippen LogP contribution in [0.15, 0.2) is 28.7 Å². The van der Waals surface area contributed by atoms with E-state index < -0.39 is 59.3 Å². The van der Waals surface area contributed by atoms with Crippen molar-refractivity contribution in [3.05, 3.63) is 34.3 Å². The van der Waals surface area contributed by atoms with Gasteiger partial charge >= 0.3 is 41.7 Å². The van der Waals surface area contributed by atoms with E-state index in [2.05, 4.69) is 20.7 Å². The minimum Gasteiger partial charge on any atom is -0.374 e. The molecule has 1 rings (SSSR count). The normalized spacial score (nSPS) is 17.0. The van der Waals surface area contributed by atoms with Crippen LogP contribution in [-0.4, -0.2) is 48.8 Å². The van der Waals surface area contributed by atoms with E-state index in [0.29, 0.717) is 14.0 Å². The first-order chi connectivity index (χ1) is 14.8. The number of rotatable bonds is 9. The third-order valence-corrected chi connectivity index (χ3v) is 5.33. The van der Waals surface area contributed by atoms with Crippen LogP contribution in [0.3, 0.4) is 0 Å². The standard InChI is InChI=1S/C17H12BrF15O/c1-10(34-2,8-4-3-5-9(18)6-8)7-11(19,20)12(21,22)13(23,24)14(25,26)15(27,28)16(29,30)17(31,32)33/h3-6H,7H2,1-2H3. The molecule has 0 aliphatic rings. The number of benzene rings is 1. The second-order valence-electron chi connectivity index (χ2n) is 7.20. The number of ether oxygens (including phenoxy) is 1. The fraction of sp³-hybridized carbons (Fsp3) is 0.647. The summed E-state index contributed by atoms with van der Waals surface area (Å²) in [4.78, 5) is 0. The van der Waals surface area contributed by atoms with E-state index in [1.807, 2.05) is 0 Å². The predicted octanol–water partition coefficient (Wildman–Crippen LogP) is 8.07. The van der Waals surface area contributed by atoms with Crippen molar-refractivity contribution < 1.29 is 70.6 Å². The third kappa shape index (κ3) is 4.46. The van der Waals surface area contributed by atoms with Crippen LogP contribution in [0.4, 0.5) is 65.9 Å². The van der Waals surface area contributed by atoms with Gasteiger partial charge in [-0.25, -0.2) is 0 Å². The Hall–Kier alpha value is -1.39. The van der Waals surface area contributed by atoms with E-state index >= 15 is 0 Å². The van der Waals surface area contributed by atoms with Gasteiger partial charge in [-0.1, -0.05) is 28.1 Å². The van der Waals surface area contributed by atoms with E-state index in [0.717, 1.165) is 18.2 Å². The minimum absolute atomic E-state index is 0.106. The second-order valence-corrected chi connectivity index (χ2v) is 8.11. The molecule has 0 aliphatic carbocycles. The van der Waals surface area contributed by atoms with Gasteiger partial charge in [0.25, 0.3) is 0 Å². The van der Waals surface area contributed by atoms with Crippen LogP contribution >= 0.6 is 15.9 Å². The Kier molecular flexibility index (Phi) is 7.77. The number of halogens is 16. The Morgan fingerprint density at radius 1 is 0.676 bits per heavy atom. The van der Waals surface area contributed by atoms with Gasteiger partial charge in [-0.15, -0.1) is 0 Å². The Morgan fingerprint density at radius 2 is 1.09 bits per heavy atom. The molecule has 0 bridgehead atoms. The predicted molar refractivity (Wildman–Crippen MR) is 88.9 cm³/mol. The Labute approximate surface area is 189 Å². The van der Waals surface area contributed by atoms with Crippen molar-refractivity contribution in [2.45, 2.75) is 60.7 Å². The molecule has 0 amide bonds. The van der Waals surface area contributed by atoms with E-state index in [4.69, 9.17) is 0 Å². The van der Waals surface area contributed by atoms with Crippen LogP contribution in [-0.2, 0) is 10.3 Å². The maximum absolute atomic E-state index is 14.3. The maximum atomic E-state index is 14.3. The summed E-state index contributed by atoms with van der Waals surface area (Å²) in [5.41, 5.74) is -3.13. The molecule has 0 spiro atoms. The highest BCUT2D eigenvalue weighted by atomic mass is 79.9. The molecule has 1 aromatic carbocycles. The molecular formula is C17H12BrF15O. The van der Waals surface area contributed by atoms with Gasteiger partial charge in [0.15, 0.2) is 0 Å². The molecule has 0 aromatic heterocycles. The monoisotopic (exact) mass is 596 g/mol. The summed E-state index contributed by atoms with van der Waals surface area (Å²) in [5, 5.41) is 0. The molecule has 1 aromatic rings. The SMILES string of the molecule is COC(C)(CC(F)(F)C(F)(F)C(F)(F)C(F)(F)C(F)(F)C(F)(F)C(F)(F)F)c1cccc(Br)c1. The molecule has 0 radical (unpaired) electrons. The Morgan fingerprint density at radius 3 is 1.47 bits per heavy atom. The topological polar surface area (TPSA) is 9.23 Å². The van der Waals surface area contributed by atoms with Crippen LogP contribution in [0, 0.1) is 0 Å². The lowest BCUT2D eigenvalue weighted by molar-refractivity contribution is -0.453. The Bertz CT molecular complexity index is 880. The molecule has 0 fully saturated rings. The molecule has 0 heterocycles. The van der Waals surface area contributed by atoms with Crippen molar-refractivity contribution in [2.75, 3.05) is 7.11 Å². The van der Waals surface area contributed by atoms with Crippen molar-refractivity contribution >= 4 is 15.9 Å². The molecule has 1 nitrogen and oxygen atoms in total. The van der Waals surface area contributed by atoms with Crippen LogP contribution in [0.1, 0.15) is 18.9 Å². The van der Waals surface area contributed by atoms with E-state index in [1.165, 1.54) is 6.07 Å². The van der Waals surface area contributed by atoms with Gasteiger partial charge in [-0.2, -0.15) is 65.9 Å². The fourth-order valence-corrected chi connectivity index (χ4v) is 3.04. The summed E-state index contributed by atoms with van der Waals surface area (Å²) in [6.07, 6.45) is -10.3. The summed E-state index contributed by atoms with van der Waals surface area (Å²) < 4.78 is 205. The van der Waals surface area contributed by atoms with Crippen molar-refractivity contribution in [1.82, 2.24) is 0 Å². The van der Waals surface area contributed by atoms with Gasteiger partial charge in [-0.3, -0.25) is 0 Å². The maximum Gasteiger partial charge on any atom is 0.460 e. The van der Waals surface area contributed by atoms with Crippen LogP contribution in [0.25, 0.3) is 0 Å². The smallest absolute Gasteiger partial charge is 0.374 e. The van der Waals surface area contributed by atoms with Gasteiger partial charge < -0.3 is 4.74 Å². The summed E-state index contributed by atoms with van der Waals surface area (Å²) in [5.74, 6) is -46.7. The second kappa shape index (κ2) is 8.62. The molecule has 1 atom stereocenters. The highest BCUT2D eigenvalue weighted by Crippen LogP contribution is 2.63. The Balaban J connectivity index is 3.60. The van der Waals surface area contributed by atoms with E-state index in [9.17, 15) is 65.9 Å². The zero-order valence-electron chi connectivity index (χ0n) is 16.5. The zero-order valence-corrected chi connectivity index (χ0v) is 18.1. The van der Waals surface area contributed by atoms with Crippen LogP contribution in [0.2, 0.25) is 0 Å². The van der Waals surface area contributed by atoms with Crippen molar-refractivity contribution in [3.63, 3.8) is 0 Å². The van der Waals surface area contributed by atoms with Gasteiger partial charge in [0.2, 0.25) is 0 Å². The van der Waals surface area contributed by atoms with Gasteiger partial charge in [0.1, 0.15) is 0 Å². The first kappa shape index (κ1) is 30.6. The average Bonchev–Trinajstić information content (AvgIpc) is 2.65. The van der Waals surface area contributed by atoms with Gasteiger partial charge in [0.05, 0.1) is 12.0 Å². The lowest BCUT2D eigenvalue weighted by Gasteiger charge is -2.43. The van der Waals surface area contributed by atoms with E-state index in [1.54, 1.807) is 0 Å². The van der Waals surface area contributed by atoms with Crippen LogP contribution < -0.4 is 0 Å². The third-order valence-electron chi connectivity index (χ3n) is 4.84. The number of alkyl halides is 15. The van der Waals surface area contributed by atoms with Crippen molar-refractivity contribution in [3.8, 4) is 0 Å². The summed E-state index contributed by atoms with van der Waals surface area (Å²) in [6, 6.07) is 4.29. The summed E-state index contributed by atoms with van der Waals surface area (Å²) in [6.45, 7) is 0.585. The van der Waals surface area contributed by atoms with Gasteiger partial charge in [-0.05, 0) is 24.6 Å². The van der Waals surface area contributed by atoms with Crippen LogP contribution in [0.5, 0.6) is 0 Å². The summed E-state index contributed by atoms with van der Waals surface area (Å²) in [7, 11) is 0.597. The molecule has 0 saturated heterocycles. The number of methoxy groups -OCH3 is 1. The highest BCUT2D eigenvalue weighted by Gasteiger charge is 2.93. The quantitative estimate of drug-likeness (QED) is 0.262. The molecule has 0 saturated carbocycles. The first-order valence-electron chi connectivity index (χ1n) is 8.41. The van der Waals surface area contributed by atoms with E-state index in [-0.39, 0.29) is 4.47 Å². The zero-order chi connectivity index (χ0) is 27.4. The average molecular weight is 597 g/mol. The molecule has 34 heavy (non-hydrogen) atoms. The number of hydrogen-bond acceptors (Lipinski definition) is 1. The fourth-order valence-electron chi connectivity index (χ4n) is 2.64. The molecule has 17 heteroatoms. The number of hydrogen-bond donors (Lipinski definition) is 0. The molecular weight excluding hydrogens is 585 g/mol. The minimum atomic E-state index is -8.31. The summed E-state index contributed by atoms with van der Waals surface area (Å²) >= 11 is 2.86. The molecule has 0 aliphatic heterocycles. The lowest BCUT2D eigenvalue weighted by atomic mass is 9.83. The first-order valence-corrected chi connectivity index (χ1v) is 9.21. The molecule has 198 valence electrons. The van der Waals surface area contributed by atoms with Crippen molar-refractivity contribution in [2.24, 2.45) is 0 Å². The molecule has 1 unspecified atom stereocenters.